The van der Waals surface area contributed by atoms with Crippen LogP contribution >= 0.6 is 22.9 Å². The Balaban J connectivity index is 1.44. The summed E-state index contributed by atoms with van der Waals surface area (Å²) in [6.07, 6.45) is 4.10. The molecule has 0 spiro atoms. The Morgan fingerprint density at radius 3 is 3.09 bits per heavy atom. The highest BCUT2D eigenvalue weighted by Crippen LogP contribution is 2.48. The second-order valence-corrected chi connectivity index (χ2v) is 9.91. The fraction of sp³-hybridized carbons (Fsp3) is 0.333. The number of aromatic nitrogens is 2. The number of benzene rings is 1. The van der Waals surface area contributed by atoms with E-state index in [0.717, 1.165) is 80.5 Å². The molecule has 32 heavy (non-hydrogen) atoms. The van der Waals surface area contributed by atoms with E-state index in [1.807, 2.05) is 24.4 Å². The molecule has 0 saturated carbocycles. The smallest absolute Gasteiger partial charge is 0.182 e. The van der Waals surface area contributed by atoms with Gasteiger partial charge in [0.15, 0.2) is 11.9 Å². The number of halogens is 1. The van der Waals surface area contributed by atoms with Crippen LogP contribution in [0.1, 0.15) is 52.9 Å². The minimum Gasteiger partial charge on any atom is -0.481 e. The van der Waals surface area contributed by atoms with Crippen molar-refractivity contribution in [3.63, 3.8) is 0 Å². The molecule has 6 nitrogen and oxygen atoms in total. The van der Waals surface area contributed by atoms with Gasteiger partial charge in [-0.05, 0) is 30.7 Å². The van der Waals surface area contributed by atoms with Gasteiger partial charge in [0.2, 0.25) is 0 Å². The minimum atomic E-state index is -0.205. The lowest BCUT2D eigenvalue weighted by Crippen LogP contribution is -2.24. The summed E-state index contributed by atoms with van der Waals surface area (Å²) in [6, 6.07) is 8.11. The Morgan fingerprint density at radius 1 is 1.31 bits per heavy atom. The van der Waals surface area contributed by atoms with Crippen LogP contribution in [0.2, 0.25) is 5.02 Å². The average molecular weight is 467 g/mol. The van der Waals surface area contributed by atoms with Crippen molar-refractivity contribution in [1.29, 1.82) is 0 Å². The number of hydrogen-bond acceptors (Lipinski definition) is 7. The molecule has 0 amide bonds. The fourth-order valence-electron chi connectivity index (χ4n) is 4.64. The van der Waals surface area contributed by atoms with E-state index in [0.29, 0.717) is 11.4 Å². The van der Waals surface area contributed by atoms with E-state index < -0.39 is 0 Å². The number of pyridine rings is 1. The third-order valence-corrected chi connectivity index (χ3v) is 7.86. The minimum absolute atomic E-state index is 0.0130. The Kier molecular flexibility index (Phi) is 4.95. The van der Waals surface area contributed by atoms with E-state index in [9.17, 15) is 0 Å². The molecule has 2 aliphatic rings. The third-order valence-electron chi connectivity index (χ3n) is 6.36. The molecule has 0 bridgehead atoms. The molecule has 0 saturated heterocycles. The highest BCUT2D eigenvalue weighted by atomic mass is 35.5. The van der Waals surface area contributed by atoms with Gasteiger partial charge in [0.25, 0.3) is 0 Å². The van der Waals surface area contributed by atoms with Crippen LogP contribution in [0, 0.1) is 0 Å². The van der Waals surface area contributed by atoms with Crippen molar-refractivity contribution in [2.24, 2.45) is 5.73 Å². The zero-order chi connectivity index (χ0) is 21.8. The van der Waals surface area contributed by atoms with Crippen molar-refractivity contribution in [3.05, 3.63) is 62.9 Å². The molecule has 164 valence electrons. The highest BCUT2D eigenvalue weighted by Gasteiger charge is 2.34. The van der Waals surface area contributed by atoms with Gasteiger partial charge >= 0.3 is 0 Å². The molecule has 3 N–H and O–H groups in total. The first-order chi connectivity index (χ1) is 15.6. The van der Waals surface area contributed by atoms with Gasteiger partial charge in [-0.1, -0.05) is 23.7 Å². The predicted molar refractivity (Wildman–Crippen MR) is 126 cm³/mol. The Hall–Kier alpha value is -2.45. The zero-order valence-electron chi connectivity index (χ0n) is 17.7. The first-order valence-electron chi connectivity index (χ1n) is 10.9. The van der Waals surface area contributed by atoms with E-state index in [1.165, 1.54) is 0 Å². The molecular formula is C24H23ClN4O2S. The third kappa shape index (κ3) is 3.23. The molecule has 2 unspecified atom stereocenters. The lowest BCUT2D eigenvalue weighted by atomic mass is 9.99. The summed E-state index contributed by atoms with van der Waals surface area (Å²) >= 11 is 8.26. The van der Waals surface area contributed by atoms with Gasteiger partial charge in [0.05, 0.1) is 15.9 Å². The number of hydrogen-bond donors (Lipinski definition) is 2. The monoisotopic (exact) mass is 466 g/mol. The number of nitrogens with zero attached hydrogens (tertiary/aromatic N) is 2. The van der Waals surface area contributed by atoms with Gasteiger partial charge in [-0.25, -0.2) is 0 Å². The van der Waals surface area contributed by atoms with Gasteiger partial charge in [-0.3, -0.25) is 4.98 Å². The number of fused-ring (bicyclic) bond motifs is 3. The van der Waals surface area contributed by atoms with Gasteiger partial charge < -0.3 is 20.3 Å². The lowest BCUT2D eigenvalue weighted by molar-refractivity contribution is 0.189. The second-order valence-electron chi connectivity index (χ2n) is 8.39. The van der Waals surface area contributed by atoms with Crippen molar-refractivity contribution in [3.8, 4) is 16.9 Å². The van der Waals surface area contributed by atoms with Gasteiger partial charge in [0.1, 0.15) is 5.75 Å². The lowest BCUT2D eigenvalue weighted by Gasteiger charge is -2.15. The molecule has 8 heteroatoms. The maximum absolute atomic E-state index is 6.56. The molecule has 2 aliphatic heterocycles. The largest absolute Gasteiger partial charge is 0.481 e. The van der Waals surface area contributed by atoms with Crippen molar-refractivity contribution in [1.82, 2.24) is 15.5 Å². The van der Waals surface area contributed by atoms with E-state index >= 15 is 0 Å². The van der Waals surface area contributed by atoms with Crippen molar-refractivity contribution >= 4 is 33.2 Å². The van der Waals surface area contributed by atoms with Gasteiger partial charge in [-0.2, -0.15) is 0 Å². The molecule has 1 aromatic carbocycles. The van der Waals surface area contributed by atoms with Gasteiger partial charge in [0, 0.05) is 70.3 Å². The fourth-order valence-corrected chi connectivity index (χ4v) is 6.11. The molecular weight excluding hydrogens is 444 g/mol. The van der Waals surface area contributed by atoms with Crippen LogP contribution in [0.3, 0.4) is 0 Å². The summed E-state index contributed by atoms with van der Waals surface area (Å²) in [6.45, 7) is 3.78. The second kappa shape index (κ2) is 7.85. The predicted octanol–water partition coefficient (Wildman–Crippen LogP) is 5.34. The molecule has 0 fully saturated rings. The summed E-state index contributed by atoms with van der Waals surface area (Å²) in [7, 11) is 0. The summed E-state index contributed by atoms with van der Waals surface area (Å²) in [4.78, 5) is 5.71. The van der Waals surface area contributed by atoms with Crippen LogP contribution in [-0.4, -0.2) is 16.7 Å². The molecule has 0 radical (unpaired) electrons. The molecule has 2 atom stereocenters. The molecule has 0 aliphatic carbocycles. The summed E-state index contributed by atoms with van der Waals surface area (Å²) < 4.78 is 13.4. The van der Waals surface area contributed by atoms with Crippen LogP contribution in [0.15, 0.2) is 35.0 Å². The Bertz CT molecular complexity index is 1330. The first kappa shape index (κ1) is 20.2. The van der Waals surface area contributed by atoms with E-state index in [-0.39, 0.29) is 12.1 Å². The SMILES string of the molecule is CCC(N)c1cc2nccc(-c3cc(Cl)cc4c3OC(c3onc5c3CNCC5)C4)c2s1. The first-order valence-corrected chi connectivity index (χ1v) is 12.1. The zero-order valence-corrected chi connectivity index (χ0v) is 19.2. The van der Waals surface area contributed by atoms with Crippen LogP contribution in [0.25, 0.3) is 21.3 Å². The van der Waals surface area contributed by atoms with Crippen molar-refractivity contribution < 1.29 is 9.26 Å². The number of rotatable bonds is 4. The number of nitrogens with two attached hydrogens (primary N) is 1. The summed E-state index contributed by atoms with van der Waals surface area (Å²) in [5.74, 6) is 1.67. The molecule has 3 aromatic heterocycles. The molecule has 4 aromatic rings. The average Bonchev–Trinajstić information content (AvgIpc) is 3.53. The maximum Gasteiger partial charge on any atom is 0.182 e. The van der Waals surface area contributed by atoms with E-state index in [4.69, 9.17) is 26.6 Å². The van der Waals surface area contributed by atoms with Crippen LogP contribution in [0.4, 0.5) is 0 Å². The molecule has 6 rings (SSSR count). The standard InChI is InChI=1S/C24H23ClN4O2S/c1-2-17(26)21-10-19-24(32-21)14(3-6-28-19)15-9-13(25)7-12-8-20(30-22(12)15)23-16-11-27-5-4-18(16)29-31-23/h3,6-7,9-10,17,20,27H,2,4-5,8,11,26H2,1H3. The number of nitrogens with one attached hydrogen (secondary N) is 1. The normalized spacial score (nSPS) is 18.4. The number of thiophene rings is 1. The van der Waals surface area contributed by atoms with E-state index in [2.05, 4.69) is 28.4 Å². The van der Waals surface area contributed by atoms with Crippen LogP contribution < -0.4 is 15.8 Å². The highest BCUT2D eigenvalue weighted by molar-refractivity contribution is 7.19. The quantitative estimate of drug-likeness (QED) is 0.422. The number of ether oxygens (including phenoxy) is 1. The van der Waals surface area contributed by atoms with Crippen molar-refractivity contribution in [2.75, 3.05) is 6.54 Å². The maximum atomic E-state index is 6.56. The Labute approximate surface area is 194 Å². The van der Waals surface area contributed by atoms with Crippen LogP contribution in [-0.2, 0) is 19.4 Å². The van der Waals surface area contributed by atoms with Crippen LogP contribution in [0.5, 0.6) is 5.75 Å². The summed E-state index contributed by atoms with van der Waals surface area (Å²) in [5.41, 5.74) is 12.5. The van der Waals surface area contributed by atoms with E-state index in [1.54, 1.807) is 11.3 Å². The topological polar surface area (TPSA) is 86.2 Å². The van der Waals surface area contributed by atoms with Gasteiger partial charge in [-0.15, -0.1) is 11.3 Å². The molecule has 5 heterocycles. The summed E-state index contributed by atoms with van der Waals surface area (Å²) in [5, 5.41) is 8.38. The van der Waals surface area contributed by atoms with Crippen molar-refractivity contribution in [2.45, 2.75) is 44.9 Å². The Morgan fingerprint density at radius 2 is 2.22 bits per heavy atom.